The molecule has 2 rings (SSSR count). The Morgan fingerprint density at radius 3 is 2.74 bits per heavy atom. The van der Waals surface area contributed by atoms with Crippen molar-refractivity contribution in [3.63, 3.8) is 0 Å². The van der Waals surface area contributed by atoms with Crippen LogP contribution in [0.2, 0.25) is 0 Å². The number of rotatable bonds is 7. The number of anilines is 1. The monoisotopic (exact) mass is 263 g/mol. The summed E-state index contributed by atoms with van der Waals surface area (Å²) >= 11 is 0. The first-order chi connectivity index (χ1) is 9.28. The molecule has 1 heterocycles. The van der Waals surface area contributed by atoms with Crippen LogP contribution in [0.25, 0.3) is 0 Å². The summed E-state index contributed by atoms with van der Waals surface area (Å²) in [6.07, 6.45) is 1.97. The molecular formula is C14H21N3O2. The Kier molecular flexibility index (Phi) is 5.20. The van der Waals surface area contributed by atoms with Gasteiger partial charge in [-0.2, -0.15) is 0 Å². The summed E-state index contributed by atoms with van der Waals surface area (Å²) in [6, 6.07) is 8.20. The molecule has 5 nitrogen and oxygen atoms in total. The highest BCUT2D eigenvalue weighted by Gasteiger charge is 2.18. The van der Waals surface area contributed by atoms with Gasteiger partial charge in [-0.05, 0) is 24.7 Å². The molecule has 19 heavy (non-hydrogen) atoms. The molecule has 0 radical (unpaired) electrons. The number of ether oxygens (including phenoxy) is 2. The van der Waals surface area contributed by atoms with Gasteiger partial charge in [0.15, 0.2) is 0 Å². The lowest BCUT2D eigenvalue weighted by molar-refractivity contribution is -0.124. The maximum absolute atomic E-state index is 5.85. The van der Waals surface area contributed by atoms with E-state index >= 15 is 0 Å². The van der Waals surface area contributed by atoms with E-state index in [2.05, 4.69) is 22.8 Å². The van der Waals surface area contributed by atoms with E-state index in [1.165, 1.54) is 5.56 Å². The molecule has 4 N–H and O–H groups in total. The molecule has 1 aromatic carbocycles. The molecule has 0 spiro atoms. The number of benzene rings is 1. The number of hydrogen-bond acceptors (Lipinski definition) is 5. The third-order valence-corrected chi connectivity index (χ3v) is 2.85. The van der Waals surface area contributed by atoms with Crippen LogP contribution >= 0.6 is 0 Å². The molecule has 1 fully saturated rings. The van der Waals surface area contributed by atoms with Crippen LogP contribution in [0.4, 0.5) is 5.69 Å². The Morgan fingerprint density at radius 1 is 1.42 bits per heavy atom. The van der Waals surface area contributed by atoms with Gasteiger partial charge in [-0.25, -0.2) is 0 Å². The van der Waals surface area contributed by atoms with E-state index in [1.807, 2.05) is 19.2 Å². The maximum atomic E-state index is 5.85. The summed E-state index contributed by atoms with van der Waals surface area (Å²) in [4.78, 5) is 0. The first kappa shape index (κ1) is 13.9. The van der Waals surface area contributed by atoms with Crippen LogP contribution in [0.1, 0.15) is 5.56 Å². The molecule has 0 saturated carbocycles. The molecule has 0 bridgehead atoms. The summed E-state index contributed by atoms with van der Waals surface area (Å²) in [6.45, 7) is 2.65. The van der Waals surface area contributed by atoms with E-state index in [0.29, 0.717) is 25.5 Å². The SMILES string of the molecule is CNCc1ccc(N/C=C(\N)COC2COC2)cc1. The quantitative estimate of drug-likeness (QED) is 0.685. The minimum atomic E-state index is 0.202. The average molecular weight is 263 g/mol. The molecule has 5 heteroatoms. The van der Waals surface area contributed by atoms with Crippen molar-refractivity contribution in [3.8, 4) is 0 Å². The first-order valence-corrected chi connectivity index (χ1v) is 6.42. The highest BCUT2D eigenvalue weighted by molar-refractivity contribution is 5.47. The van der Waals surface area contributed by atoms with E-state index < -0.39 is 0 Å². The Bertz CT molecular complexity index is 413. The lowest BCUT2D eigenvalue weighted by Gasteiger charge is -2.25. The molecule has 1 aromatic rings. The van der Waals surface area contributed by atoms with E-state index in [4.69, 9.17) is 15.2 Å². The zero-order valence-corrected chi connectivity index (χ0v) is 11.2. The predicted molar refractivity (Wildman–Crippen MR) is 75.7 cm³/mol. The van der Waals surface area contributed by atoms with Crippen LogP contribution in [-0.2, 0) is 16.0 Å². The van der Waals surface area contributed by atoms with E-state index in [-0.39, 0.29) is 6.10 Å². The highest BCUT2D eigenvalue weighted by atomic mass is 16.6. The number of hydrogen-bond donors (Lipinski definition) is 3. The molecule has 0 atom stereocenters. The van der Waals surface area contributed by atoms with Gasteiger partial charge < -0.3 is 25.8 Å². The number of nitrogens with two attached hydrogens (primary N) is 1. The van der Waals surface area contributed by atoms with Crippen molar-refractivity contribution in [2.75, 3.05) is 32.2 Å². The average Bonchev–Trinajstić information content (AvgIpc) is 2.36. The van der Waals surface area contributed by atoms with Gasteiger partial charge in [-0.3, -0.25) is 0 Å². The van der Waals surface area contributed by atoms with Gasteiger partial charge in [0.1, 0.15) is 6.10 Å². The summed E-state index contributed by atoms with van der Waals surface area (Å²) < 4.78 is 10.5. The minimum Gasteiger partial charge on any atom is -0.399 e. The molecule has 0 unspecified atom stereocenters. The third kappa shape index (κ3) is 4.55. The second-order valence-corrected chi connectivity index (χ2v) is 4.56. The van der Waals surface area contributed by atoms with Gasteiger partial charge in [0.25, 0.3) is 0 Å². The van der Waals surface area contributed by atoms with Crippen molar-refractivity contribution in [1.29, 1.82) is 0 Å². The van der Waals surface area contributed by atoms with Gasteiger partial charge in [-0.1, -0.05) is 12.1 Å². The minimum absolute atomic E-state index is 0.202. The Labute approximate surface area is 113 Å². The van der Waals surface area contributed by atoms with Crippen molar-refractivity contribution in [1.82, 2.24) is 5.32 Å². The maximum Gasteiger partial charge on any atom is 0.105 e. The summed E-state index contributed by atoms with van der Waals surface area (Å²) in [5, 5.41) is 6.27. The van der Waals surface area contributed by atoms with Crippen LogP contribution in [-0.4, -0.2) is 33.0 Å². The normalized spacial score (nSPS) is 16.2. The smallest absolute Gasteiger partial charge is 0.105 e. The second kappa shape index (κ2) is 7.13. The van der Waals surface area contributed by atoms with E-state index in [0.717, 1.165) is 12.2 Å². The topological polar surface area (TPSA) is 68.5 Å². The predicted octanol–water partition coefficient (Wildman–Crippen LogP) is 1.03. The van der Waals surface area contributed by atoms with Gasteiger partial charge in [0.05, 0.1) is 25.5 Å². The van der Waals surface area contributed by atoms with Gasteiger partial charge in [0.2, 0.25) is 0 Å². The van der Waals surface area contributed by atoms with Crippen molar-refractivity contribution >= 4 is 5.69 Å². The lowest BCUT2D eigenvalue weighted by atomic mass is 10.2. The van der Waals surface area contributed by atoms with Gasteiger partial charge in [-0.15, -0.1) is 0 Å². The Morgan fingerprint density at radius 2 is 2.16 bits per heavy atom. The van der Waals surface area contributed by atoms with Gasteiger partial charge >= 0.3 is 0 Å². The first-order valence-electron chi connectivity index (χ1n) is 6.42. The fourth-order valence-corrected chi connectivity index (χ4v) is 1.67. The van der Waals surface area contributed by atoms with E-state index in [1.54, 1.807) is 6.20 Å². The highest BCUT2D eigenvalue weighted by Crippen LogP contribution is 2.10. The molecular weight excluding hydrogens is 242 g/mol. The van der Waals surface area contributed by atoms with E-state index in [9.17, 15) is 0 Å². The molecule has 0 amide bonds. The lowest BCUT2D eigenvalue weighted by Crippen LogP contribution is -2.37. The zero-order chi connectivity index (χ0) is 13.5. The Hall–Kier alpha value is -1.56. The third-order valence-electron chi connectivity index (χ3n) is 2.85. The summed E-state index contributed by atoms with van der Waals surface area (Å²) in [5.74, 6) is 0. The molecule has 1 saturated heterocycles. The fraction of sp³-hybridized carbons (Fsp3) is 0.429. The Balaban J connectivity index is 1.75. The molecule has 104 valence electrons. The van der Waals surface area contributed by atoms with Crippen molar-refractivity contribution in [2.24, 2.45) is 5.73 Å². The van der Waals surface area contributed by atoms with Crippen molar-refractivity contribution in [2.45, 2.75) is 12.6 Å². The summed E-state index contributed by atoms with van der Waals surface area (Å²) in [5.41, 5.74) is 8.78. The standard InChI is InChI=1S/C14H21N3O2/c1-16-6-11-2-4-13(5-3-11)17-7-12(15)8-19-14-9-18-10-14/h2-5,7,14,16-17H,6,8-10,15H2,1H3/b12-7-. The molecule has 1 aliphatic heterocycles. The fourth-order valence-electron chi connectivity index (χ4n) is 1.67. The van der Waals surface area contributed by atoms with Crippen molar-refractivity contribution < 1.29 is 9.47 Å². The van der Waals surface area contributed by atoms with Crippen LogP contribution in [0.3, 0.4) is 0 Å². The molecule has 0 aromatic heterocycles. The molecule has 0 aliphatic carbocycles. The summed E-state index contributed by atoms with van der Waals surface area (Å²) in [7, 11) is 1.93. The number of nitrogens with one attached hydrogen (secondary N) is 2. The van der Waals surface area contributed by atoms with Crippen LogP contribution in [0.15, 0.2) is 36.2 Å². The van der Waals surface area contributed by atoms with Crippen LogP contribution in [0, 0.1) is 0 Å². The molecule has 1 aliphatic rings. The second-order valence-electron chi connectivity index (χ2n) is 4.56. The largest absolute Gasteiger partial charge is 0.399 e. The van der Waals surface area contributed by atoms with Crippen LogP contribution < -0.4 is 16.4 Å². The van der Waals surface area contributed by atoms with Crippen LogP contribution in [0.5, 0.6) is 0 Å². The zero-order valence-electron chi connectivity index (χ0n) is 11.2. The van der Waals surface area contributed by atoms with Crippen molar-refractivity contribution in [3.05, 3.63) is 41.7 Å². The van der Waals surface area contributed by atoms with Gasteiger partial charge in [0, 0.05) is 18.4 Å².